The zero-order valence-electron chi connectivity index (χ0n) is 31.9. The predicted octanol–water partition coefficient (Wildman–Crippen LogP) is 6.44. The van der Waals surface area contributed by atoms with Crippen LogP contribution in [-0.4, -0.2) is 99.5 Å². The summed E-state index contributed by atoms with van der Waals surface area (Å²) in [6, 6.07) is 12.3. The number of nitrogens with zero attached hydrogens (tertiary/aromatic N) is 3. The third kappa shape index (κ3) is 6.83. The van der Waals surface area contributed by atoms with Crippen molar-refractivity contribution in [3.05, 3.63) is 70.3 Å². The quantitative estimate of drug-likeness (QED) is 0.349. The summed E-state index contributed by atoms with van der Waals surface area (Å²) in [5.74, 6) is 0.720. The molecule has 1 N–H and O–H groups in total. The number of carbonyl (C=O) groups is 1. The fraction of sp³-hybridized carbons (Fsp3) is 0.643. The van der Waals surface area contributed by atoms with E-state index in [-0.39, 0.29) is 17.3 Å². The van der Waals surface area contributed by atoms with E-state index in [2.05, 4.69) is 64.5 Å². The number of hydrogen-bond donors (Lipinski definition) is 1. The number of sulfonamides is 1. The highest BCUT2D eigenvalue weighted by molar-refractivity contribution is 7.91. The van der Waals surface area contributed by atoms with E-state index >= 15 is 0 Å². The van der Waals surface area contributed by atoms with Gasteiger partial charge in [0.05, 0.1) is 17.0 Å². The summed E-state index contributed by atoms with van der Waals surface area (Å²) in [6.07, 6.45) is 10.9. The Balaban J connectivity index is 1.20. The van der Waals surface area contributed by atoms with E-state index in [1.165, 1.54) is 11.1 Å². The van der Waals surface area contributed by atoms with Crippen LogP contribution in [0.4, 0.5) is 5.69 Å². The number of anilines is 1. The number of aryl methyl sites for hydroxylation is 1. The van der Waals surface area contributed by atoms with Gasteiger partial charge in [-0.2, -0.15) is 0 Å². The van der Waals surface area contributed by atoms with Crippen molar-refractivity contribution in [1.82, 2.24) is 14.5 Å². The van der Waals surface area contributed by atoms with Crippen molar-refractivity contribution in [3.8, 4) is 5.75 Å². The maximum Gasteiger partial charge on any atom is 0.264 e. The average Bonchev–Trinajstić information content (AvgIpc) is 3.82. The lowest BCUT2D eigenvalue weighted by Crippen LogP contribution is -2.59. The molecule has 1 amide bonds. The number of halogens is 1. The summed E-state index contributed by atoms with van der Waals surface area (Å²) in [5.41, 5.74) is 3.00. The molecule has 6 atom stereocenters. The first kappa shape index (κ1) is 37.3. The van der Waals surface area contributed by atoms with Gasteiger partial charge in [-0.1, -0.05) is 29.8 Å². The number of nitrogens with one attached hydrogen (secondary N) is 1. The van der Waals surface area contributed by atoms with Gasteiger partial charge in [0.2, 0.25) is 10.0 Å². The number of carbonyl (C=O) groups excluding carboxylic acids is 1. The van der Waals surface area contributed by atoms with Crippen molar-refractivity contribution in [2.45, 2.75) is 94.4 Å². The van der Waals surface area contributed by atoms with Crippen LogP contribution in [0, 0.1) is 17.8 Å². The first-order valence-electron chi connectivity index (χ1n) is 20.0. The third-order valence-electron chi connectivity index (χ3n) is 13.8. The van der Waals surface area contributed by atoms with Gasteiger partial charge in [0.1, 0.15) is 11.4 Å². The lowest BCUT2D eigenvalue weighted by atomic mass is 9.63. The average molecular weight is 765 g/mol. The van der Waals surface area contributed by atoms with Gasteiger partial charge in [0.15, 0.2) is 0 Å². The molecule has 53 heavy (non-hydrogen) atoms. The number of hydrogen-bond acceptors (Lipinski definition) is 8. The number of fused-ring (bicyclic) bond motifs is 5. The number of allylic oxidation sites excluding steroid dienone is 1. The van der Waals surface area contributed by atoms with E-state index in [4.69, 9.17) is 21.1 Å². The van der Waals surface area contributed by atoms with E-state index in [0.717, 1.165) is 94.4 Å². The van der Waals surface area contributed by atoms with Crippen LogP contribution in [0.1, 0.15) is 87.7 Å². The van der Waals surface area contributed by atoms with Crippen molar-refractivity contribution < 1.29 is 22.7 Å². The maximum absolute atomic E-state index is 13.8. The van der Waals surface area contributed by atoms with Crippen molar-refractivity contribution in [3.63, 3.8) is 0 Å². The molecule has 2 bridgehead atoms. The van der Waals surface area contributed by atoms with E-state index in [1.54, 1.807) is 13.0 Å². The standard InChI is InChI=1S/C42H57ClN4O5S/c1-5-52-42(27-45-18-20-46(21-19-45)29(2)3)17-7-9-33-24-40(33,4)53(49,50)44-39(48)31-11-15-38-37(23-31)47(25-32-10-13-36(32)42)26-41(28-51-38)16-6-8-30-22-34(43)12-14-35(30)41/h7,11-12,14-15,17,22-23,29,32-33,36H,5-6,8-10,13,16,18-21,24-28H2,1-4H3,(H,44,48)/b17-7+/t32-,33+,36+,40+,41-,42-/m0/s1. The molecule has 9 nitrogen and oxygen atoms in total. The Hall–Kier alpha value is -2.63. The van der Waals surface area contributed by atoms with E-state index in [0.29, 0.717) is 43.6 Å². The Labute approximate surface area is 321 Å². The van der Waals surface area contributed by atoms with Crippen molar-refractivity contribution >= 4 is 33.2 Å². The molecule has 1 saturated heterocycles. The molecular formula is C42H57ClN4O5S. The molecule has 3 aliphatic carbocycles. The van der Waals surface area contributed by atoms with Gasteiger partial charge in [-0.25, -0.2) is 13.1 Å². The second-order valence-corrected chi connectivity index (χ2v) is 19.9. The number of amides is 1. The van der Waals surface area contributed by atoms with Gasteiger partial charge in [-0.05, 0) is 132 Å². The lowest BCUT2D eigenvalue weighted by Gasteiger charge is -2.52. The summed E-state index contributed by atoms with van der Waals surface area (Å²) in [5, 5.41) is 0.754. The fourth-order valence-corrected chi connectivity index (χ4v) is 12.1. The summed E-state index contributed by atoms with van der Waals surface area (Å²) in [7, 11) is -3.93. The Bertz CT molecular complexity index is 1860. The largest absolute Gasteiger partial charge is 0.490 e. The molecule has 2 saturated carbocycles. The lowest BCUT2D eigenvalue weighted by molar-refractivity contribution is -0.113. The van der Waals surface area contributed by atoms with Gasteiger partial charge in [0, 0.05) is 74.5 Å². The van der Waals surface area contributed by atoms with E-state index in [9.17, 15) is 13.2 Å². The van der Waals surface area contributed by atoms with Gasteiger partial charge < -0.3 is 14.4 Å². The first-order chi connectivity index (χ1) is 25.4. The van der Waals surface area contributed by atoms with Gasteiger partial charge in [-0.3, -0.25) is 14.6 Å². The number of ether oxygens (including phenoxy) is 2. The van der Waals surface area contributed by atoms with Crippen molar-refractivity contribution in [2.24, 2.45) is 17.8 Å². The van der Waals surface area contributed by atoms with Gasteiger partial charge in [0.25, 0.3) is 5.91 Å². The predicted molar refractivity (Wildman–Crippen MR) is 211 cm³/mol. The first-order valence-corrected chi connectivity index (χ1v) is 21.9. The molecule has 0 radical (unpaired) electrons. The molecule has 8 rings (SSSR count). The molecule has 0 aromatic heterocycles. The zero-order valence-corrected chi connectivity index (χ0v) is 33.5. The van der Waals surface area contributed by atoms with Crippen LogP contribution in [0.15, 0.2) is 48.6 Å². The molecule has 1 spiro atoms. The summed E-state index contributed by atoms with van der Waals surface area (Å²) in [4.78, 5) is 21.3. The molecule has 11 heteroatoms. The molecule has 3 heterocycles. The number of benzene rings is 2. The van der Waals surface area contributed by atoms with Crippen LogP contribution < -0.4 is 14.4 Å². The topological polar surface area (TPSA) is 91.4 Å². The molecule has 2 aromatic rings. The highest BCUT2D eigenvalue weighted by Gasteiger charge is 2.60. The van der Waals surface area contributed by atoms with Crippen LogP contribution in [-0.2, 0) is 26.6 Å². The minimum absolute atomic E-state index is 0.0663. The Morgan fingerprint density at radius 2 is 1.91 bits per heavy atom. The second kappa shape index (κ2) is 14.1. The van der Waals surface area contributed by atoms with Crippen LogP contribution in [0.2, 0.25) is 5.02 Å². The molecule has 0 unspecified atom stereocenters. The molecular weight excluding hydrogens is 708 g/mol. The SMILES string of the molecule is CCO[C@]1(CN2CCN(C(C)C)CC2)/C=C/C[C@@H]2C[C@@]2(C)S(=O)(=O)NC(=O)c2ccc3c(c2)N(C[C@@H]2CC[C@H]21)C[C@@]1(CCCc2cc(Cl)ccc21)CO3. The van der Waals surface area contributed by atoms with Crippen LogP contribution in [0.25, 0.3) is 0 Å². The Kier molecular flexibility index (Phi) is 9.95. The third-order valence-corrected chi connectivity index (χ3v) is 16.3. The molecule has 6 aliphatic rings. The van der Waals surface area contributed by atoms with E-state index in [1.807, 2.05) is 18.2 Å². The summed E-state index contributed by atoms with van der Waals surface area (Å²) >= 11 is 6.52. The summed E-state index contributed by atoms with van der Waals surface area (Å²) in [6.45, 7) is 16.0. The summed E-state index contributed by atoms with van der Waals surface area (Å²) < 4.78 is 42.8. The molecule has 288 valence electrons. The monoisotopic (exact) mass is 764 g/mol. The van der Waals surface area contributed by atoms with E-state index < -0.39 is 26.3 Å². The highest BCUT2D eigenvalue weighted by atomic mass is 35.5. The molecule has 3 aliphatic heterocycles. The Morgan fingerprint density at radius 1 is 1.09 bits per heavy atom. The minimum atomic E-state index is -3.93. The smallest absolute Gasteiger partial charge is 0.264 e. The molecule has 2 aromatic carbocycles. The maximum atomic E-state index is 13.8. The number of rotatable bonds is 5. The van der Waals surface area contributed by atoms with Crippen LogP contribution in [0.3, 0.4) is 0 Å². The normalized spacial score (nSPS) is 34.9. The highest BCUT2D eigenvalue weighted by Crippen LogP contribution is 2.53. The second-order valence-electron chi connectivity index (χ2n) is 17.3. The minimum Gasteiger partial charge on any atom is -0.490 e. The van der Waals surface area contributed by atoms with Crippen LogP contribution in [0.5, 0.6) is 5.75 Å². The Morgan fingerprint density at radius 3 is 2.64 bits per heavy atom. The molecule has 3 fully saturated rings. The van der Waals surface area contributed by atoms with Crippen molar-refractivity contribution in [1.29, 1.82) is 0 Å². The van der Waals surface area contributed by atoms with Crippen molar-refractivity contribution in [2.75, 3.05) is 63.9 Å². The number of piperazine rings is 1. The fourth-order valence-electron chi connectivity index (χ4n) is 10.3. The van der Waals surface area contributed by atoms with Crippen LogP contribution >= 0.6 is 11.6 Å². The van der Waals surface area contributed by atoms with Gasteiger partial charge in [-0.15, -0.1) is 0 Å². The van der Waals surface area contributed by atoms with Gasteiger partial charge >= 0.3 is 0 Å². The zero-order chi connectivity index (χ0) is 37.2.